The number of pyridine rings is 1. The predicted octanol–water partition coefficient (Wildman–Crippen LogP) is 1.83. The molecule has 2 rings (SSSR count). The summed E-state index contributed by atoms with van der Waals surface area (Å²) in [5, 5.41) is 9.55. The summed E-state index contributed by atoms with van der Waals surface area (Å²) in [4.78, 5) is 8.76. The van der Waals surface area contributed by atoms with Crippen LogP contribution in [0.2, 0.25) is 0 Å². The van der Waals surface area contributed by atoms with E-state index in [9.17, 15) is 0 Å². The lowest BCUT2D eigenvalue weighted by Crippen LogP contribution is -2.47. The Balaban J connectivity index is 1.97. The Kier molecular flexibility index (Phi) is 4.19. The van der Waals surface area contributed by atoms with Crippen molar-refractivity contribution < 1.29 is 0 Å². The number of anilines is 1. The molecule has 2 heterocycles. The van der Waals surface area contributed by atoms with E-state index in [1.807, 2.05) is 6.07 Å². The van der Waals surface area contributed by atoms with Gasteiger partial charge in [-0.2, -0.15) is 5.26 Å². The Morgan fingerprint density at radius 1 is 1.44 bits per heavy atom. The second kappa shape index (κ2) is 5.85. The number of rotatable bonds is 3. The number of hydrogen-bond acceptors (Lipinski definition) is 4. The van der Waals surface area contributed by atoms with Crippen molar-refractivity contribution in [1.29, 1.82) is 5.26 Å². The van der Waals surface area contributed by atoms with Crippen LogP contribution in [-0.4, -0.2) is 42.6 Å². The summed E-state index contributed by atoms with van der Waals surface area (Å²) in [6, 6.07) is 5.68. The third kappa shape index (κ3) is 3.22. The minimum atomic E-state index is 0.650. The van der Waals surface area contributed by atoms with E-state index >= 15 is 0 Å². The molecule has 1 saturated heterocycles. The molecule has 94 valence electrons. The third-order valence-corrected chi connectivity index (χ3v) is 3.09. The first-order valence-electron chi connectivity index (χ1n) is 5.86. The Hall–Kier alpha value is -1.57. The molecule has 0 spiro atoms. The Morgan fingerprint density at radius 2 is 2.17 bits per heavy atom. The second-order valence-corrected chi connectivity index (χ2v) is 4.83. The number of hydrogen-bond donors (Lipinski definition) is 0. The Bertz CT molecular complexity index is 472. The molecule has 4 nitrogen and oxygen atoms in total. The first-order valence-corrected chi connectivity index (χ1v) is 6.23. The molecule has 0 amide bonds. The Morgan fingerprint density at radius 3 is 2.78 bits per heavy atom. The van der Waals surface area contributed by atoms with Gasteiger partial charge in [0.2, 0.25) is 0 Å². The molecule has 0 atom stereocenters. The van der Waals surface area contributed by atoms with Gasteiger partial charge in [0.05, 0.1) is 11.6 Å². The van der Waals surface area contributed by atoms with Gasteiger partial charge in [-0.3, -0.25) is 4.90 Å². The molecule has 1 fully saturated rings. The third-order valence-electron chi connectivity index (χ3n) is 2.97. The molecule has 0 saturated carbocycles. The van der Waals surface area contributed by atoms with Crippen LogP contribution in [-0.2, 0) is 0 Å². The van der Waals surface area contributed by atoms with Crippen molar-refractivity contribution in [3.63, 3.8) is 0 Å². The first kappa shape index (κ1) is 12.9. The summed E-state index contributed by atoms with van der Waals surface area (Å²) in [6.07, 6.45) is 1.68. The van der Waals surface area contributed by atoms with Gasteiger partial charge in [0.15, 0.2) is 0 Å². The van der Waals surface area contributed by atoms with E-state index in [2.05, 4.69) is 27.4 Å². The maximum absolute atomic E-state index is 8.87. The van der Waals surface area contributed by atoms with Crippen LogP contribution in [0.5, 0.6) is 0 Å². The normalized spacial score (nSPS) is 16.3. The van der Waals surface area contributed by atoms with Crippen LogP contribution in [0.1, 0.15) is 5.56 Å². The fourth-order valence-electron chi connectivity index (χ4n) is 2.04. The average Bonchev–Trinajstić information content (AvgIpc) is 2.39. The van der Waals surface area contributed by atoms with Crippen molar-refractivity contribution in [2.45, 2.75) is 0 Å². The highest BCUT2D eigenvalue weighted by Gasteiger charge is 2.18. The van der Waals surface area contributed by atoms with Gasteiger partial charge in [-0.05, 0) is 12.1 Å². The lowest BCUT2D eigenvalue weighted by molar-refractivity contribution is 0.281. The summed E-state index contributed by atoms with van der Waals surface area (Å²) in [5.74, 6) is 0.874. The summed E-state index contributed by atoms with van der Waals surface area (Å²) in [5.41, 5.74) is 0.650. The topological polar surface area (TPSA) is 43.2 Å². The highest BCUT2D eigenvalue weighted by molar-refractivity contribution is 6.29. The number of aromatic nitrogens is 1. The smallest absolute Gasteiger partial charge is 0.129 e. The van der Waals surface area contributed by atoms with E-state index in [-0.39, 0.29) is 0 Å². The van der Waals surface area contributed by atoms with Crippen LogP contribution >= 0.6 is 11.6 Å². The minimum absolute atomic E-state index is 0.650. The van der Waals surface area contributed by atoms with Crippen molar-refractivity contribution in [2.24, 2.45) is 0 Å². The number of halogens is 1. The van der Waals surface area contributed by atoms with E-state index in [0.29, 0.717) is 10.6 Å². The summed E-state index contributed by atoms with van der Waals surface area (Å²) < 4.78 is 0. The standard InChI is InChI=1S/C13H15ClN4/c1-11(14)10-17-4-6-18(7-5-17)13-8-12(9-15)2-3-16-13/h2-3,8H,1,4-7,10H2. The zero-order valence-corrected chi connectivity index (χ0v) is 10.9. The average molecular weight is 263 g/mol. The lowest BCUT2D eigenvalue weighted by atomic mass is 10.2. The van der Waals surface area contributed by atoms with Crippen molar-refractivity contribution >= 4 is 17.4 Å². The SMILES string of the molecule is C=C(Cl)CN1CCN(c2cc(C#N)ccn2)CC1. The fraction of sp³-hybridized carbons (Fsp3) is 0.385. The maximum atomic E-state index is 8.87. The van der Waals surface area contributed by atoms with Crippen LogP contribution in [0.15, 0.2) is 29.9 Å². The van der Waals surface area contributed by atoms with E-state index in [0.717, 1.165) is 38.5 Å². The molecule has 1 aliphatic heterocycles. The highest BCUT2D eigenvalue weighted by Crippen LogP contribution is 2.15. The molecule has 1 aromatic heterocycles. The molecule has 0 aromatic carbocycles. The molecule has 1 aromatic rings. The van der Waals surface area contributed by atoms with E-state index < -0.39 is 0 Å². The maximum Gasteiger partial charge on any atom is 0.129 e. The van der Waals surface area contributed by atoms with Crippen LogP contribution in [0.3, 0.4) is 0 Å². The van der Waals surface area contributed by atoms with Crippen molar-refractivity contribution in [1.82, 2.24) is 9.88 Å². The van der Waals surface area contributed by atoms with Gasteiger partial charge < -0.3 is 4.90 Å². The monoisotopic (exact) mass is 262 g/mol. The van der Waals surface area contributed by atoms with Gasteiger partial charge in [-0.15, -0.1) is 0 Å². The van der Waals surface area contributed by atoms with Gasteiger partial charge in [-0.1, -0.05) is 18.2 Å². The molecular formula is C13H15ClN4. The molecule has 0 unspecified atom stereocenters. The second-order valence-electron chi connectivity index (χ2n) is 4.29. The molecule has 0 N–H and O–H groups in total. The molecule has 18 heavy (non-hydrogen) atoms. The summed E-state index contributed by atoms with van der Waals surface area (Å²) >= 11 is 5.81. The van der Waals surface area contributed by atoms with Crippen molar-refractivity contribution in [2.75, 3.05) is 37.6 Å². The highest BCUT2D eigenvalue weighted by atomic mass is 35.5. The van der Waals surface area contributed by atoms with Crippen molar-refractivity contribution in [3.05, 3.63) is 35.5 Å². The molecule has 0 radical (unpaired) electrons. The minimum Gasteiger partial charge on any atom is -0.354 e. The number of nitrogens with zero attached hydrogens (tertiary/aromatic N) is 4. The van der Waals surface area contributed by atoms with Crippen LogP contribution in [0.4, 0.5) is 5.82 Å². The first-order chi connectivity index (χ1) is 8.69. The Labute approximate surface area is 112 Å². The molecule has 1 aliphatic rings. The van der Waals surface area contributed by atoms with Gasteiger partial charge in [0, 0.05) is 44.0 Å². The van der Waals surface area contributed by atoms with Gasteiger partial charge in [0.25, 0.3) is 0 Å². The number of nitriles is 1. The van der Waals surface area contributed by atoms with Gasteiger partial charge in [-0.25, -0.2) is 4.98 Å². The molecule has 0 aliphatic carbocycles. The van der Waals surface area contributed by atoms with Crippen LogP contribution in [0, 0.1) is 11.3 Å². The van der Waals surface area contributed by atoms with E-state index in [4.69, 9.17) is 16.9 Å². The van der Waals surface area contributed by atoms with Crippen LogP contribution in [0.25, 0.3) is 0 Å². The van der Waals surface area contributed by atoms with Crippen molar-refractivity contribution in [3.8, 4) is 6.07 Å². The zero-order chi connectivity index (χ0) is 13.0. The lowest BCUT2D eigenvalue weighted by Gasteiger charge is -2.35. The number of piperazine rings is 1. The largest absolute Gasteiger partial charge is 0.354 e. The molecule has 0 bridgehead atoms. The van der Waals surface area contributed by atoms with Crippen LogP contribution < -0.4 is 4.90 Å². The molecule has 5 heteroatoms. The van der Waals surface area contributed by atoms with Gasteiger partial charge >= 0.3 is 0 Å². The van der Waals surface area contributed by atoms with Gasteiger partial charge in [0.1, 0.15) is 5.82 Å². The predicted molar refractivity (Wildman–Crippen MR) is 72.6 cm³/mol. The molecular weight excluding hydrogens is 248 g/mol. The quantitative estimate of drug-likeness (QED) is 0.834. The summed E-state index contributed by atoms with van der Waals surface area (Å²) in [7, 11) is 0. The van der Waals surface area contributed by atoms with E-state index in [1.165, 1.54) is 0 Å². The fourth-order valence-corrected chi connectivity index (χ4v) is 2.21. The summed E-state index contributed by atoms with van der Waals surface area (Å²) in [6.45, 7) is 8.11. The zero-order valence-electron chi connectivity index (χ0n) is 10.1. The van der Waals surface area contributed by atoms with E-state index in [1.54, 1.807) is 12.3 Å².